The highest BCUT2D eigenvalue weighted by Gasteiger charge is 2.35. The molecule has 206 valence electrons. The van der Waals surface area contributed by atoms with Crippen LogP contribution in [0.3, 0.4) is 0 Å². The van der Waals surface area contributed by atoms with Crippen LogP contribution < -0.4 is 20.9 Å². The molecule has 0 heterocycles. The summed E-state index contributed by atoms with van der Waals surface area (Å²) in [4.78, 5) is 0. The number of alkyl halides is 6. The van der Waals surface area contributed by atoms with Crippen molar-refractivity contribution < 1.29 is 35.8 Å². The van der Waals surface area contributed by atoms with E-state index in [1.165, 1.54) is 12.1 Å². The van der Waals surface area contributed by atoms with Gasteiger partial charge in [-0.2, -0.15) is 26.3 Å². The van der Waals surface area contributed by atoms with Gasteiger partial charge in [0.2, 0.25) is 0 Å². The number of hydrogen-bond donors (Lipinski definition) is 2. The minimum Gasteiger partial charge on any atom is -0.457 e. The smallest absolute Gasteiger partial charge is 0.418 e. The minimum atomic E-state index is -4.67. The van der Waals surface area contributed by atoms with E-state index in [9.17, 15) is 26.3 Å². The lowest BCUT2D eigenvalue weighted by molar-refractivity contribution is -0.137. The second kappa shape index (κ2) is 9.63. The van der Waals surface area contributed by atoms with E-state index in [-0.39, 0.29) is 23.0 Å². The lowest BCUT2D eigenvalue weighted by Crippen LogP contribution is -2.17. The molecule has 0 aromatic heterocycles. The molecule has 0 saturated heterocycles. The Labute approximate surface area is 217 Å². The first kappa shape index (κ1) is 29.0. The van der Waals surface area contributed by atoms with E-state index in [1.807, 2.05) is 41.5 Å². The van der Waals surface area contributed by atoms with Crippen LogP contribution in [0.2, 0.25) is 0 Å². The fourth-order valence-electron chi connectivity index (χ4n) is 3.84. The van der Waals surface area contributed by atoms with Crippen LogP contribution in [-0.2, 0) is 23.2 Å². The fraction of sp³-hybridized carbons (Fsp3) is 0.357. The van der Waals surface area contributed by atoms with E-state index in [0.717, 1.165) is 24.3 Å². The van der Waals surface area contributed by atoms with Crippen LogP contribution in [0.25, 0.3) is 0 Å². The zero-order valence-corrected chi connectivity index (χ0v) is 21.9. The van der Waals surface area contributed by atoms with Gasteiger partial charge in [0.05, 0.1) is 11.1 Å². The molecule has 3 aromatic carbocycles. The van der Waals surface area contributed by atoms with Crippen molar-refractivity contribution in [3.05, 3.63) is 70.8 Å². The van der Waals surface area contributed by atoms with E-state index in [4.69, 9.17) is 20.9 Å². The first-order chi connectivity index (χ1) is 17.2. The van der Waals surface area contributed by atoms with Gasteiger partial charge in [0.15, 0.2) is 0 Å². The molecule has 4 N–H and O–H groups in total. The standard InChI is InChI=1S/C28H30F6N2O2/c1-25(2,3)19-13-24(38-16-8-10-22(36)18(12-16)28(32,33)34)20(26(4,5)6)14-23(19)37-15-7-9-21(35)17(11-15)27(29,30)31/h7-14H,35-36H2,1-6H3. The Bertz CT molecular complexity index is 1230. The third-order valence-electron chi connectivity index (χ3n) is 5.81. The van der Waals surface area contributed by atoms with Crippen molar-refractivity contribution in [1.29, 1.82) is 0 Å². The number of benzene rings is 3. The van der Waals surface area contributed by atoms with Gasteiger partial charge in [0, 0.05) is 22.5 Å². The van der Waals surface area contributed by atoms with Crippen molar-refractivity contribution in [2.24, 2.45) is 0 Å². The van der Waals surface area contributed by atoms with E-state index >= 15 is 0 Å². The molecule has 0 atom stereocenters. The summed E-state index contributed by atoms with van der Waals surface area (Å²) < 4.78 is 92.4. The molecule has 0 amide bonds. The van der Waals surface area contributed by atoms with Gasteiger partial charge in [0.1, 0.15) is 23.0 Å². The Morgan fingerprint density at radius 3 is 1.08 bits per heavy atom. The molecule has 0 spiro atoms. The summed E-state index contributed by atoms with van der Waals surface area (Å²) in [6, 6.07) is 9.86. The second-order valence-corrected chi connectivity index (χ2v) is 11.0. The molecule has 0 saturated carbocycles. The summed E-state index contributed by atoms with van der Waals surface area (Å²) in [5.41, 5.74) is 8.11. The highest BCUT2D eigenvalue weighted by atomic mass is 19.4. The Hall–Kier alpha value is -3.56. The van der Waals surface area contributed by atoms with Crippen LogP contribution in [0, 0.1) is 0 Å². The average molecular weight is 541 g/mol. The number of nitrogen functional groups attached to an aromatic ring is 2. The van der Waals surface area contributed by atoms with E-state index in [2.05, 4.69) is 0 Å². The predicted molar refractivity (Wildman–Crippen MR) is 136 cm³/mol. The van der Waals surface area contributed by atoms with Gasteiger partial charge in [0.25, 0.3) is 0 Å². The van der Waals surface area contributed by atoms with Gasteiger partial charge in [-0.3, -0.25) is 0 Å². The molecule has 4 nitrogen and oxygen atoms in total. The first-order valence-corrected chi connectivity index (χ1v) is 11.7. The average Bonchev–Trinajstić information content (AvgIpc) is 2.74. The SMILES string of the molecule is CC(C)(C)c1cc(Oc2ccc(N)c(C(F)(F)F)c2)c(C(C)(C)C)cc1Oc1ccc(N)c(C(F)(F)F)c1. The number of anilines is 2. The number of halogens is 6. The molecular formula is C28H30F6N2O2. The second-order valence-electron chi connectivity index (χ2n) is 11.0. The fourth-order valence-corrected chi connectivity index (χ4v) is 3.84. The normalized spacial score (nSPS) is 12.9. The highest BCUT2D eigenvalue weighted by Crippen LogP contribution is 2.45. The van der Waals surface area contributed by atoms with Crippen molar-refractivity contribution in [2.75, 3.05) is 11.5 Å². The first-order valence-electron chi connectivity index (χ1n) is 11.7. The number of nitrogens with two attached hydrogens (primary N) is 2. The summed E-state index contributed by atoms with van der Waals surface area (Å²) in [6.07, 6.45) is -9.34. The lowest BCUT2D eigenvalue weighted by atomic mass is 9.81. The molecular weight excluding hydrogens is 510 g/mol. The van der Waals surface area contributed by atoms with Gasteiger partial charge in [-0.05, 0) is 59.4 Å². The largest absolute Gasteiger partial charge is 0.457 e. The Balaban J connectivity index is 2.17. The van der Waals surface area contributed by atoms with Crippen LogP contribution in [0.5, 0.6) is 23.0 Å². The summed E-state index contributed by atoms with van der Waals surface area (Å²) in [6.45, 7) is 11.2. The summed E-state index contributed by atoms with van der Waals surface area (Å²) in [7, 11) is 0. The molecule has 0 fully saturated rings. The molecule has 38 heavy (non-hydrogen) atoms. The van der Waals surface area contributed by atoms with Crippen molar-refractivity contribution in [3.63, 3.8) is 0 Å². The van der Waals surface area contributed by atoms with Gasteiger partial charge in [-0.1, -0.05) is 41.5 Å². The quantitative estimate of drug-likeness (QED) is 0.256. The van der Waals surface area contributed by atoms with E-state index < -0.39 is 45.7 Å². The number of rotatable bonds is 4. The molecule has 0 unspecified atom stereocenters. The zero-order chi connectivity index (χ0) is 28.8. The summed E-state index contributed by atoms with van der Waals surface area (Å²) in [5, 5.41) is 0. The third-order valence-corrected chi connectivity index (χ3v) is 5.81. The lowest BCUT2D eigenvalue weighted by Gasteiger charge is -2.29. The van der Waals surface area contributed by atoms with Gasteiger partial charge < -0.3 is 20.9 Å². The molecule has 3 rings (SSSR count). The molecule has 10 heteroatoms. The van der Waals surface area contributed by atoms with Crippen LogP contribution >= 0.6 is 0 Å². The maximum atomic E-state index is 13.4. The highest BCUT2D eigenvalue weighted by molar-refractivity contribution is 5.57. The molecule has 0 radical (unpaired) electrons. The number of hydrogen-bond acceptors (Lipinski definition) is 4. The topological polar surface area (TPSA) is 70.5 Å². The predicted octanol–water partition coefficient (Wildman–Crippen LogP) is 9.07. The van der Waals surface area contributed by atoms with Crippen molar-refractivity contribution in [2.45, 2.75) is 64.7 Å². The molecule has 0 aliphatic heterocycles. The van der Waals surface area contributed by atoms with E-state index in [0.29, 0.717) is 11.1 Å². The Kier molecular flexibility index (Phi) is 7.35. The number of ether oxygens (including phenoxy) is 2. The molecule has 0 bridgehead atoms. The van der Waals surface area contributed by atoms with Crippen LogP contribution in [-0.4, -0.2) is 0 Å². The monoisotopic (exact) mass is 540 g/mol. The molecule has 0 aliphatic rings. The maximum Gasteiger partial charge on any atom is 0.418 e. The van der Waals surface area contributed by atoms with Gasteiger partial charge >= 0.3 is 12.4 Å². The summed E-state index contributed by atoms with van der Waals surface area (Å²) >= 11 is 0. The summed E-state index contributed by atoms with van der Waals surface area (Å²) in [5.74, 6) is 0.416. The zero-order valence-electron chi connectivity index (χ0n) is 21.9. The van der Waals surface area contributed by atoms with Gasteiger partial charge in [-0.25, -0.2) is 0 Å². The molecule has 0 aliphatic carbocycles. The van der Waals surface area contributed by atoms with Crippen molar-refractivity contribution in [1.82, 2.24) is 0 Å². The van der Waals surface area contributed by atoms with Crippen LogP contribution in [0.4, 0.5) is 37.7 Å². The Morgan fingerprint density at radius 1 is 0.500 bits per heavy atom. The Morgan fingerprint density at radius 2 is 0.816 bits per heavy atom. The maximum absolute atomic E-state index is 13.4. The van der Waals surface area contributed by atoms with Crippen LogP contribution in [0.15, 0.2) is 48.5 Å². The van der Waals surface area contributed by atoms with Crippen molar-refractivity contribution >= 4 is 11.4 Å². The van der Waals surface area contributed by atoms with Crippen molar-refractivity contribution in [3.8, 4) is 23.0 Å². The minimum absolute atomic E-state index is 0.0705. The third kappa shape index (κ3) is 6.46. The van der Waals surface area contributed by atoms with E-state index in [1.54, 1.807) is 12.1 Å². The molecule has 3 aromatic rings. The van der Waals surface area contributed by atoms with Gasteiger partial charge in [-0.15, -0.1) is 0 Å². The van der Waals surface area contributed by atoms with Crippen LogP contribution in [0.1, 0.15) is 63.8 Å².